The van der Waals surface area contributed by atoms with E-state index in [1.54, 1.807) is 0 Å². The maximum Gasteiger partial charge on any atom is 0.118 e. The molecule has 2 N–H and O–H groups in total. The second-order valence-corrected chi connectivity index (χ2v) is 4.71. The molecule has 88 valence electrons. The Labute approximate surface area is 97.7 Å². The topological polar surface area (TPSA) is 32.3 Å². The van der Waals surface area contributed by atoms with Crippen molar-refractivity contribution in [3.8, 4) is 5.75 Å². The molecule has 2 rings (SSSR count). The Kier molecular flexibility index (Phi) is 3.83. The Morgan fingerprint density at radius 2 is 2.06 bits per heavy atom. The number of phenolic OH excluding ortho intramolecular Hbond substituents is 1. The van der Waals surface area contributed by atoms with Gasteiger partial charge in [-0.3, -0.25) is 0 Å². The highest BCUT2D eigenvalue weighted by molar-refractivity contribution is 5.36. The van der Waals surface area contributed by atoms with Gasteiger partial charge in [-0.05, 0) is 61.9 Å². The largest absolute Gasteiger partial charge is 0.508 e. The Balaban J connectivity index is 2.06. The van der Waals surface area contributed by atoms with Crippen molar-refractivity contribution < 1.29 is 5.11 Å². The lowest BCUT2D eigenvalue weighted by atomic mass is 9.90. The van der Waals surface area contributed by atoms with Gasteiger partial charge in [0.05, 0.1) is 0 Å². The average molecular weight is 219 g/mol. The molecule has 0 amide bonds. The summed E-state index contributed by atoms with van der Waals surface area (Å²) in [6.07, 6.45) is 4.53. The minimum atomic E-state index is 0.468. The van der Waals surface area contributed by atoms with E-state index in [0.29, 0.717) is 5.75 Å². The van der Waals surface area contributed by atoms with Gasteiger partial charge in [0.15, 0.2) is 0 Å². The molecular formula is C14H21NO. The molecule has 1 aromatic carbocycles. The number of hydrogen-bond donors (Lipinski definition) is 2. The Hall–Kier alpha value is -1.02. The van der Waals surface area contributed by atoms with Crippen LogP contribution in [0.5, 0.6) is 5.75 Å². The molecule has 0 unspecified atom stereocenters. The third kappa shape index (κ3) is 2.76. The molecule has 16 heavy (non-hydrogen) atoms. The Morgan fingerprint density at radius 1 is 1.31 bits per heavy atom. The van der Waals surface area contributed by atoms with E-state index in [1.807, 2.05) is 12.1 Å². The van der Waals surface area contributed by atoms with Crippen LogP contribution in [0.4, 0.5) is 0 Å². The van der Waals surface area contributed by atoms with Gasteiger partial charge >= 0.3 is 0 Å². The summed E-state index contributed by atoms with van der Waals surface area (Å²) in [7, 11) is 0. The molecule has 0 saturated carbocycles. The predicted octanol–water partition coefficient (Wildman–Crippen LogP) is 2.50. The van der Waals surface area contributed by atoms with Crippen LogP contribution in [0.3, 0.4) is 0 Å². The van der Waals surface area contributed by atoms with Crippen molar-refractivity contribution in [3.63, 3.8) is 0 Å². The molecule has 2 nitrogen and oxygen atoms in total. The van der Waals surface area contributed by atoms with Gasteiger partial charge in [-0.1, -0.05) is 19.1 Å². The highest BCUT2D eigenvalue weighted by atomic mass is 16.3. The molecule has 1 aromatic rings. The van der Waals surface area contributed by atoms with Crippen molar-refractivity contribution >= 4 is 0 Å². The summed E-state index contributed by atoms with van der Waals surface area (Å²) in [6.45, 7) is 4.40. The van der Waals surface area contributed by atoms with Crippen molar-refractivity contribution in [1.82, 2.24) is 5.32 Å². The van der Waals surface area contributed by atoms with Gasteiger partial charge < -0.3 is 10.4 Å². The zero-order valence-corrected chi connectivity index (χ0v) is 10.00. The zero-order chi connectivity index (χ0) is 11.4. The number of phenols is 1. The van der Waals surface area contributed by atoms with Gasteiger partial charge in [0, 0.05) is 0 Å². The molecule has 1 aliphatic rings. The lowest BCUT2D eigenvalue weighted by Gasteiger charge is -2.23. The van der Waals surface area contributed by atoms with E-state index >= 15 is 0 Å². The Morgan fingerprint density at radius 3 is 2.75 bits per heavy atom. The normalized spacial score (nSPS) is 17.6. The monoisotopic (exact) mass is 219 g/mol. The van der Waals surface area contributed by atoms with Crippen LogP contribution in [0.25, 0.3) is 0 Å². The van der Waals surface area contributed by atoms with E-state index in [-0.39, 0.29) is 0 Å². The summed E-state index contributed by atoms with van der Waals surface area (Å²) in [5, 5.41) is 13.2. The number of aromatic hydroxyl groups is 1. The van der Waals surface area contributed by atoms with Gasteiger partial charge in [0.2, 0.25) is 0 Å². The average Bonchev–Trinajstić information content (AvgIpc) is 2.33. The smallest absolute Gasteiger partial charge is 0.118 e. The van der Waals surface area contributed by atoms with Gasteiger partial charge in [-0.15, -0.1) is 0 Å². The molecule has 1 heterocycles. The summed E-state index contributed by atoms with van der Waals surface area (Å²) in [4.78, 5) is 0. The first kappa shape index (κ1) is 11.5. The third-order valence-electron chi connectivity index (χ3n) is 3.52. The fraction of sp³-hybridized carbons (Fsp3) is 0.571. The molecule has 0 radical (unpaired) electrons. The molecule has 0 atom stereocenters. The maximum atomic E-state index is 9.85. The van der Waals surface area contributed by atoms with Crippen LogP contribution in [0.1, 0.15) is 30.9 Å². The maximum absolute atomic E-state index is 9.85. The summed E-state index contributed by atoms with van der Waals surface area (Å²) in [5.41, 5.74) is 2.45. The number of benzene rings is 1. The summed E-state index contributed by atoms with van der Waals surface area (Å²) < 4.78 is 0. The minimum absolute atomic E-state index is 0.468. The molecule has 0 spiro atoms. The van der Waals surface area contributed by atoms with Crippen molar-refractivity contribution in [3.05, 3.63) is 29.3 Å². The number of piperidine rings is 1. The lowest BCUT2D eigenvalue weighted by molar-refractivity contribution is 0.366. The van der Waals surface area contributed by atoms with Gasteiger partial charge in [0.25, 0.3) is 0 Å². The Bertz CT molecular complexity index is 343. The quantitative estimate of drug-likeness (QED) is 0.818. The first-order chi connectivity index (χ1) is 7.79. The van der Waals surface area contributed by atoms with Crippen LogP contribution >= 0.6 is 0 Å². The fourth-order valence-corrected chi connectivity index (χ4v) is 2.42. The number of nitrogens with one attached hydrogen (secondary N) is 1. The fourth-order valence-electron chi connectivity index (χ4n) is 2.42. The molecule has 0 aromatic heterocycles. The van der Waals surface area contributed by atoms with Crippen molar-refractivity contribution in [1.29, 1.82) is 0 Å². The molecule has 1 fully saturated rings. The van der Waals surface area contributed by atoms with Crippen molar-refractivity contribution in [2.45, 2.75) is 32.6 Å². The standard InChI is InChI=1S/C14H21NO/c1-2-11-3-4-14(16)13(9-11)10-12-5-7-15-8-6-12/h3-4,9,12,15-16H,2,5-8,10H2,1H3. The summed E-state index contributed by atoms with van der Waals surface area (Å²) in [6, 6.07) is 6.02. The summed E-state index contributed by atoms with van der Waals surface area (Å²) >= 11 is 0. The van der Waals surface area contributed by atoms with Gasteiger partial charge in [-0.2, -0.15) is 0 Å². The van der Waals surface area contributed by atoms with Crippen LogP contribution in [-0.4, -0.2) is 18.2 Å². The molecule has 2 heteroatoms. The molecule has 1 saturated heterocycles. The van der Waals surface area contributed by atoms with E-state index in [4.69, 9.17) is 0 Å². The van der Waals surface area contributed by atoms with Crippen LogP contribution in [-0.2, 0) is 12.8 Å². The number of aryl methyl sites for hydroxylation is 1. The van der Waals surface area contributed by atoms with E-state index in [0.717, 1.165) is 37.4 Å². The molecule has 0 aliphatic carbocycles. The predicted molar refractivity (Wildman–Crippen MR) is 66.8 cm³/mol. The first-order valence-electron chi connectivity index (χ1n) is 6.31. The van der Waals surface area contributed by atoms with Crippen LogP contribution < -0.4 is 5.32 Å². The summed E-state index contributed by atoms with van der Waals surface area (Å²) in [5.74, 6) is 1.20. The van der Waals surface area contributed by atoms with Gasteiger partial charge in [-0.25, -0.2) is 0 Å². The molecule has 1 aliphatic heterocycles. The minimum Gasteiger partial charge on any atom is -0.508 e. The second-order valence-electron chi connectivity index (χ2n) is 4.71. The zero-order valence-electron chi connectivity index (χ0n) is 10.00. The second kappa shape index (κ2) is 5.35. The van der Waals surface area contributed by atoms with E-state index in [1.165, 1.54) is 18.4 Å². The van der Waals surface area contributed by atoms with E-state index in [9.17, 15) is 5.11 Å². The van der Waals surface area contributed by atoms with Gasteiger partial charge in [0.1, 0.15) is 5.75 Å². The van der Waals surface area contributed by atoms with Crippen molar-refractivity contribution in [2.75, 3.05) is 13.1 Å². The van der Waals surface area contributed by atoms with Crippen molar-refractivity contribution in [2.24, 2.45) is 5.92 Å². The van der Waals surface area contributed by atoms with E-state index in [2.05, 4.69) is 18.3 Å². The molecule has 0 bridgehead atoms. The SMILES string of the molecule is CCc1ccc(O)c(CC2CCNCC2)c1. The number of rotatable bonds is 3. The van der Waals surface area contributed by atoms with E-state index < -0.39 is 0 Å². The highest BCUT2D eigenvalue weighted by Gasteiger charge is 2.15. The first-order valence-corrected chi connectivity index (χ1v) is 6.31. The molecular weight excluding hydrogens is 198 g/mol. The van der Waals surface area contributed by atoms with Crippen LogP contribution in [0.15, 0.2) is 18.2 Å². The van der Waals surface area contributed by atoms with Crippen LogP contribution in [0.2, 0.25) is 0 Å². The third-order valence-corrected chi connectivity index (χ3v) is 3.52. The lowest BCUT2D eigenvalue weighted by Crippen LogP contribution is -2.28. The van der Waals surface area contributed by atoms with Crippen LogP contribution in [0, 0.1) is 5.92 Å². The number of hydrogen-bond acceptors (Lipinski definition) is 2. The highest BCUT2D eigenvalue weighted by Crippen LogP contribution is 2.25.